The highest BCUT2D eigenvalue weighted by Crippen LogP contribution is 2.15. The molecule has 0 bridgehead atoms. The monoisotopic (exact) mass is 263 g/mol. The van der Waals surface area contributed by atoms with E-state index in [0.29, 0.717) is 12.3 Å². The van der Waals surface area contributed by atoms with Gasteiger partial charge in [-0.3, -0.25) is 0 Å². The van der Waals surface area contributed by atoms with Crippen molar-refractivity contribution in [3.63, 3.8) is 0 Å². The lowest BCUT2D eigenvalue weighted by Crippen LogP contribution is -2.33. The summed E-state index contributed by atoms with van der Waals surface area (Å²) in [6.07, 6.45) is 1.46. The van der Waals surface area contributed by atoms with E-state index in [1.54, 1.807) is 4.52 Å². The molecule has 0 aliphatic heterocycles. The standard InChI is InChI=1S/C11H17N7O/c1-7(10(12)16-19)5-17(3)9-4-8(2)15-11-13-6-14-18(9)11/h4,6-7,19H,5H2,1-3H3,(H2,12,16). The Hall–Kier alpha value is -2.38. The van der Waals surface area contributed by atoms with Crippen LogP contribution in [0, 0.1) is 12.8 Å². The highest BCUT2D eigenvalue weighted by Gasteiger charge is 2.15. The number of nitrogens with two attached hydrogens (primary N) is 1. The van der Waals surface area contributed by atoms with Crippen LogP contribution < -0.4 is 10.6 Å². The Bertz CT molecular complexity index is 606. The van der Waals surface area contributed by atoms with Crippen molar-refractivity contribution in [2.24, 2.45) is 16.8 Å². The van der Waals surface area contributed by atoms with E-state index < -0.39 is 0 Å². The third kappa shape index (κ3) is 2.56. The average molecular weight is 263 g/mol. The molecule has 0 radical (unpaired) electrons. The molecule has 8 heteroatoms. The summed E-state index contributed by atoms with van der Waals surface area (Å²) >= 11 is 0. The molecule has 2 aromatic heterocycles. The van der Waals surface area contributed by atoms with Crippen molar-refractivity contribution in [1.82, 2.24) is 19.6 Å². The number of amidine groups is 1. The van der Waals surface area contributed by atoms with Gasteiger partial charge >= 0.3 is 0 Å². The minimum atomic E-state index is -0.0814. The van der Waals surface area contributed by atoms with E-state index in [1.807, 2.05) is 31.9 Å². The summed E-state index contributed by atoms with van der Waals surface area (Å²) in [5, 5.41) is 15.8. The van der Waals surface area contributed by atoms with E-state index >= 15 is 0 Å². The molecule has 2 heterocycles. The molecule has 1 atom stereocenters. The Morgan fingerprint density at radius 1 is 1.63 bits per heavy atom. The van der Waals surface area contributed by atoms with Gasteiger partial charge in [0.15, 0.2) is 0 Å². The van der Waals surface area contributed by atoms with Crippen LogP contribution in [0.2, 0.25) is 0 Å². The van der Waals surface area contributed by atoms with Crippen LogP contribution in [0.25, 0.3) is 5.78 Å². The van der Waals surface area contributed by atoms with Gasteiger partial charge in [-0.25, -0.2) is 4.98 Å². The van der Waals surface area contributed by atoms with Crippen molar-refractivity contribution < 1.29 is 5.21 Å². The summed E-state index contributed by atoms with van der Waals surface area (Å²) in [5.41, 5.74) is 6.45. The summed E-state index contributed by atoms with van der Waals surface area (Å²) in [6.45, 7) is 4.38. The van der Waals surface area contributed by atoms with Crippen LogP contribution >= 0.6 is 0 Å². The van der Waals surface area contributed by atoms with E-state index in [2.05, 4.69) is 20.2 Å². The molecule has 0 aliphatic carbocycles. The maximum atomic E-state index is 8.68. The Labute approximate surface area is 110 Å². The van der Waals surface area contributed by atoms with Gasteiger partial charge in [0.1, 0.15) is 18.0 Å². The Morgan fingerprint density at radius 3 is 3.05 bits per heavy atom. The summed E-state index contributed by atoms with van der Waals surface area (Å²) in [7, 11) is 1.91. The molecule has 0 amide bonds. The van der Waals surface area contributed by atoms with Crippen molar-refractivity contribution >= 4 is 17.4 Å². The van der Waals surface area contributed by atoms with Gasteiger partial charge in [0.25, 0.3) is 5.78 Å². The zero-order valence-electron chi connectivity index (χ0n) is 11.1. The predicted octanol–water partition coefficient (Wildman–Crippen LogP) is 0.251. The highest BCUT2D eigenvalue weighted by molar-refractivity contribution is 5.82. The number of oxime groups is 1. The molecule has 0 fully saturated rings. The molecule has 0 aromatic carbocycles. The zero-order chi connectivity index (χ0) is 14.0. The van der Waals surface area contributed by atoms with Gasteiger partial charge in [-0.05, 0) is 6.92 Å². The number of hydrogen-bond donors (Lipinski definition) is 2. The van der Waals surface area contributed by atoms with E-state index in [0.717, 1.165) is 11.5 Å². The maximum Gasteiger partial charge on any atom is 0.254 e. The van der Waals surface area contributed by atoms with Gasteiger partial charge in [0, 0.05) is 31.3 Å². The number of hydrogen-bond acceptors (Lipinski definition) is 6. The molecule has 3 N–H and O–H groups in total. The summed E-state index contributed by atoms with van der Waals surface area (Å²) in [5.74, 6) is 1.53. The van der Waals surface area contributed by atoms with E-state index in [9.17, 15) is 0 Å². The summed E-state index contributed by atoms with van der Waals surface area (Å²) < 4.78 is 1.66. The number of aromatic nitrogens is 4. The normalized spacial score (nSPS) is 13.7. The Morgan fingerprint density at radius 2 is 2.37 bits per heavy atom. The van der Waals surface area contributed by atoms with E-state index in [4.69, 9.17) is 10.9 Å². The Kier molecular flexibility index (Phi) is 3.50. The second kappa shape index (κ2) is 5.09. The first kappa shape index (κ1) is 13.1. The van der Waals surface area contributed by atoms with Crippen molar-refractivity contribution in [3.05, 3.63) is 18.1 Å². The molecule has 2 aromatic rings. The van der Waals surface area contributed by atoms with Crippen molar-refractivity contribution in [2.45, 2.75) is 13.8 Å². The van der Waals surface area contributed by atoms with Crippen LogP contribution in [0.15, 0.2) is 17.5 Å². The smallest absolute Gasteiger partial charge is 0.254 e. The molecular formula is C11H17N7O. The van der Waals surface area contributed by atoms with Crippen molar-refractivity contribution in [2.75, 3.05) is 18.5 Å². The largest absolute Gasteiger partial charge is 0.409 e. The molecule has 0 aliphatic rings. The molecular weight excluding hydrogens is 246 g/mol. The number of anilines is 1. The molecule has 1 unspecified atom stereocenters. The van der Waals surface area contributed by atoms with Gasteiger partial charge in [-0.2, -0.15) is 14.6 Å². The van der Waals surface area contributed by atoms with Crippen LogP contribution in [-0.2, 0) is 0 Å². The quantitative estimate of drug-likeness (QED) is 0.354. The van der Waals surface area contributed by atoms with Gasteiger partial charge < -0.3 is 15.8 Å². The minimum Gasteiger partial charge on any atom is -0.409 e. The molecule has 2 rings (SSSR count). The zero-order valence-corrected chi connectivity index (χ0v) is 11.1. The number of nitrogens with zero attached hydrogens (tertiary/aromatic N) is 6. The first-order chi connectivity index (χ1) is 9.02. The van der Waals surface area contributed by atoms with E-state index in [1.165, 1.54) is 6.33 Å². The van der Waals surface area contributed by atoms with Crippen LogP contribution in [0.4, 0.5) is 5.82 Å². The fourth-order valence-electron chi connectivity index (χ4n) is 1.88. The van der Waals surface area contributed by atoms with Crippen molar-refractivity contribution in [1.29, 1.82) is 0 Å². The first-order valence-corrected chi connectivity index (χ1v) is 5.89. The van der Waals surface area contributed by atoms with Crippen LogP contribution in [0.1, 0.15) is 12.6 Å². The third-order valence-electron chi connectivity index (χ3n) is 2.92. The lowest BCUT2D eigenvalue weighted by atomic mass is 10.1. The molecule has 0 saturated heterocycles. The van der Waals surface area contributed by atoms with Gasteiger partial charge in [-0.1, -0.05) is 12.1 Å². The molecule has 0 saturated carbocycles. The van der Waals surface area contributed by atoms with E-state index in [-0.39, 0.29) is 11.8 Å². The lowest BCUT2D eigenvalue weighted by Gasteiger charge is -2.23. The minimum absolute atomic E-state index is 0.0814. The number of rotatable bonds is 4. The van der Waals surface area contributed by atoms with Gasteiger partial charge in [0.05, 0.1) is 0 Å². The molecule has 19 heavy (non-hydrogen) atoms. The first-order valence-electron chi connectivity index (χ1n) is 5.89. The number of aryl methyl sites for hydroxylation is 1. The molecule has 0 spiro atoms. The second-order valence-corrected chi connectivity index (χ2v) is 4.53. The lowest BCUT2D eigenvalue weighted by molar-refractivity contribution is 0.314. The third-order valence-corrected chi connectivity index (χ3v) is 2.92. The topological polar surface area (TPSA) is 105 Å². The van der Waals surface area contributed by atoms with Crippen molar-refractivity contribution in [3.8, 4) is 0 Å². The maximum absolute atomic E-state index is 8.68. The fraction of sp³-hybridized carbons (Fsp3) is 0.455. The number of fused-ring (bicyclic) bond motifs is 1. The van der Waals surface area contributed by atoms with Gasteiger partial charge in [-0.15, -0.1) is 0 Å². The molecule has 102 valence electrons. The summed E-state index contributed by atoms with van der Waals surface area (Å²) in [4.78, 5) is 10.3. The van der Waals surface area contributed by atoms with Crippen LogP contribution in [0.5, 0.6) is 0 Å². The highest BCUT2D eigenvalue weighted by atomic mass is 16.4. The second-order valence-electron chi connectivity index (χ2n) is 4.53. The molecule has 8 nitrogen and oxygen atoms in total. The predicted molar refractivity (Wildman–Crippen MR) is 71.4 cm³/mol. The Balaban J connectivity index is 2.31. The summed E-state index contributed by atoms with van der Waals surface area (Å²) in [6, 6.07) is 1.92. The van der Waals surface area contributed by atoms with Crippen LogP contribution in [-0.4, -0.2) is 44.2 Å². The average Bonchev–Trinajstić information content (AvgIpc) is 2.84. The van der Waals surface area contributed by atoms with Crippen LogP contribution in [0.3, 0.4) is 0 Å². The SMILES string of the molecule is Cc1cc(N(C)CC(C)/C(N)=N/O)n2ncnc2n1. The fourth-order valence-corrected chi connectivity index (χ4v) is 1.88. The van der Waals surface area contributed by atoms with Gasteiger partial charge in [0.2, 0.25) is 0 Å².